The molecule has 1 heterocycles. The lowest BCUT2D eigenvalue weighted by atomic mass is 9.82. The molecule has 1 fully saturated rings. The molecule has 5 heteroatoms. The monoisotopic (exact) mass is 289 g/mol. The lowest BCUT2D eigenvalue weighted by molar-refractivity contribution is 0.248. The molecule has 2 rings (SSSR count). The van der Waals surface area contributed by atoms with E-state index < -0.39 is 10.0 Å². The Morgan fingerprint density at radius 3 is 2.61 bits per heavy atom. The lowest BCUT2D eigenvalue weighted by Gasteiger charge is -2.34. The summed E-state index contributed by atoms with van der Waals surface area (Å²) in [7, 11) is -3.02. The van der Waals surface area contributed by atoms with Crippen molar-refractivity contribution in [3.05, 3.63) is 23.3 Å². The van der Waals surface area contributed by atoms with Crippen molar-refractivity contribution in [1.82, 2.24) is 4.31 Å². The van der Waals surface area contributed by atoms with Gasteiger partial charge in [0.05, 0.1) is 5.75 Å². The Labute approximate surface area is 115 Å². The molecule has 1 atom stereocenters. The van der Waals surface area contributed by atoms with Crippen LogP contribution in [0.2, 0.25) is 0 Å². The molecule has 18 heavy (non-hydrogen) atoms. The van der Waals surface area contributed by atoms with Gasteiger partial charge in [-0.3, -0.25) is 0 Å². The maximum atomic E-state index is 11.8. The van der Waals surface area contributed by atoms with Gasteiger partial charge in [-0.05, 0) is 32.1 Å². The Morgan fingerprint density at radius 1 is 1.39 bits per heavy atom. The van der Waals surface area contributed by atoms with Crippen molar-refractivity contribution in [2.75, 3.05) is 18.8 Å². The quantitative estimate of drug-likeness (QED) is 0.749. The van der Waals surface area contributed by atoms with Crippen LogP contribution in [0.5, 0.6) is 0 Å². The molecule has 1 unspecified atom stereocenters. The Kier molecular flexibility index (Phi) is 4.51. The SMILES string of the molecule is CCS(=O)(=O)N1CCC(C2C=CCC=C2Cl)CC1. The van der Waals surface area contributed by atoms with Crippen LogP contribution < -0.4 is 0 Å². The molecule has 1 saturated heterocycles. The number of allylic oxidation sites excluding steroid dienone is 4. The Bertz CT molecular complexity index is 448. The number of piperidine rings is 1. The van der Waals surface area contributed by atoms with Gasteiger partial charge in [-0.15, -0.1) is 0 Å². The standard InChI is InChI=1S/C13H20ClNO2S/c1-2-18(16,17)15-9-7-11(8-10-15)12-5-3-4-6-13(12)14/h3,5-6,11-12H,2,4,7-10H2,1H3. The molecule has 0 aromatic carbocycles. The van der Waals surface area contributed by atoms with Gasteiger partial charge in [0.25, 0.3) is 0 Å². The highest BCUT2D eigenvalue weighted by Gasteiger charge is 2.31. The van der Waals surface area contributed by atoms with Crippen molar-refractivity contribution in [3.8, 4) is 0 Å². The summed E-state index contributed by atoms with van der Waals surface area (Å²) < 4.78 is 25.2. The first kappa shape index (κ1) is 14.1. The molecule has 3 nitrogen and oxygen atoms in total. The van der Waals surface area contributed by atoms with Gasteiger partial charge >= 0.3 is 0 Å². The van der Waals surface area contributed by atoms with E-state index in [2.05, 4.69) is 18.2 Å². The Hall–Kier alpha value is -0.320. The van der Waals surface area contributed by atoms with E-state index in [1.54, 1.807) is 11.2 Å². The smallest absolute Gasteiger partial charge is 0.212 e. The van der Waals surface area contributed by atoms with Crippen molar-refractivity contribution in [2.45, 2.75) is 26.2 Å². The minimum Gasteiger partial charge on any atom is -0.212 e. The van der Waals surface area contributed by atoms with Crippen LogP contribution in [0, 0.1) is 11.8 Å². The lowest BCUT2D eigenvalue weighted by Crippen LogP contribution is -2.40. The molecule has 0 saturated carbocycles. The minimum atomic E-state index is -3.02. The van der Waals surface area contributed by atoms with E-state index in [4.69, 9.17) is 11.6 Å². The highest BCUT2D eigenvalue weighted by molar-refractivity contribution is 7.89. The van der Waals surface area contributed by atoms with Crippen molar-refractivity contribution in [3.63, 3.8) is 0 Å². The molecule has 0 bridgehead atoms. The number of nitrogens with zero attached hydrogens (tertiary/aromatic N) is 1. The van der Waals surface area contributed by atoms with Crippen LogP contribution in [0.25, 0.3) is 0 Å². The second kappa shape index (κ2) is 5.76. The van der Waals surface area contributed by atoms with Crippen molar-refractivity contribution >= 4 is 21.6 Å². The fraction of sp³-hybridized carbons (Fsp3) is 0.692. The first-order valence-corrected chi connectivity index (χ1v) is 8.53. The van der Waals surface area contributed by atoms with E-state index in [0.717, 1.165) is 24.3 Å². The number of hydrogen-bond donors (Lipinski definition) is 0. The van der Waals surface area contributed by atoms with Gasteiger partial charge in [0.2, 0.25) is 10.0 Å². The molecule has 0 aromatic rings. The third-order valence-electron chi connectivity index (χ3n) is 3.88. The Morgan fingerprint density at radius 2 is 2.06 bits per heavy atom. The molecule has 0 radical (unpaired) electrons. The topological polar surface area (TPSA) is 37.4 Å². The zero-order valence-corrected chi connectivity index (χ0v) is 12.3. The van der Waals surface area contributed by atoms with Gasteiger partial charge in [-0.25, -0.2) is 12.7 Å². The van der Waals surface area contributed by atoms with Crippen LogP contribution in [-0.2, 0) is 10.0 Å². The molecule has 1 aliphatic heterocycles. The number of sulfonamides is 1. The van der Waals surface area contributed by atoms with Gasteiger partial charge in [-0.2, -0.15) is 0 Å². The van der Waals surface area contributed by atoms with Crippen LogP contribution >= 0.6 is 11.6 Å². The third kappa shape index (κ3) is 2.98. The van der Waals surface area contributed by atoms with Gasteiger partial charge in [0, 0.05) is 24.0 Å². The van der Waals surface area contributed by atoms with Gasteiger partial charge in [-0.1, -0.05) is 29.8 Å². The second-order valence-corrected chi connectivity index (χ2v) is 7.61. The fourth-order valence-electron chi connectivity index (χ4n) is 2.71. The van der Waals surface area contributed by atoms with Crippen molar-refractivity contribution in [2.24, 2.45) is 11.8 Å². The normalized spacial score (nSPS) is 27.2. The fourth-order valence-corrected chi connectivity index (χ4v) is 4.18. The predicted octanol–water partition coefficient (Wildman–Crippen LogP) is 2.75. The van der Waals surface area contributed by atoms with Crippen LogP contribution in [0.3, 0.4) is 0 Å². The molecule has 102 valence electrons. The van der Waals surface area contributed by atoms with Crippen molar-refractivity contribution in [1.29, 1.82) is 0 Å². The van der Waals surface area contributed by atoms with Gasteiger partial charge < -0.3 is 0 Å². The van der Waals surface area contributed by atoms with E-state index in [9.17, 15) is 8.42 Å². The largest absolute Gasteiger partial charge is 0.213 e. The van der Waals surface area contributed by atoms with E-state index in [0.29, 0.717) is 24.9 Å². The molecule has 0 spiro atoms. The van der Waals surface area contributed by atoms with Crippen LogP contribution in [0.15, 0.2) is 23.3 Å². The second-order valence-electron chi connectivity index (χ2n) is 4.92. The number of hydrogen-bond acceptors (Lipinski definition) is 2. The molecular formula is C13H20ClNO2S. The van der Waals surface area contributed by atoms with E-state index in [-0.39, 0.29) is 5.75 Å². The minimum absolute atomic E-state index is 0.196. The first-order chi connectivity index (χ1) is 8.54. The summed E-state index contributed by atoms with van der Waals surface area (Å²) in [5, 5.41) is 0.925. The maximum absolute atomic E-state index is 11.8. The summed E-state index contributed by atoms with van der Waals surface area (Å²) in [6, 6.07) is 0. The number of halogens is 1. The molecule has 0 N–H and O–H groups in total. The Balaban J connectivity index is 1.97. The van der Waals surface area contributed by atoms with Crippen LogP contribution in [0.1, 0.15) is 26.2 Å². The summed E-state index contributed by atoms with van der Waals surface area (Å²) in [5.41, 5.74) is 0. The highest BCUT2D eigenvalue weighted by Crippen LogP contribution is 2.35. The van der Waals surface area contributed by atoms with Crippen molar-refractivity contribution < 1.29 is 8.42 Å². The van der Waals surface area contributed by atoms with Crippen LogP contribution in [0.4, 0.5) is 0 Å². The highest BCUT2D eigenvalue weighted by atomic mass is 35.5. The molecule has 0 aromatic heterocycles. The zero-order valence-electron chi connectivity index (χ0n) is 10.7. The predicted molar refractivity (Wildman–Crippen MR) is 74.9 cm³/mol. The number of rotatable bonds is 3. The third-order valence-corrected chi connectivity index (χ3v) is 6.16. The van der Waals surface area contributed by atoms with Gasteiger partial charge in [0.15, 0.2) is 0 Å². The maximum Gasteiger partial charge on any atom is 0.213 e. The van der Waals surface area contributed by atoms with Crippen LogP contribution in [-0.4, -0.2) is 31.6 Å². The summed E-state index contributed by atoms with van der Waals surface area (Å²) in [6.07, 6.45) is 9.10. The molecule has 1 aliphatic carbocycles. The molecular weight excluding hydrogens is 270 g/mol. The zero-order chi connectivity index (χ0) is 13.2. The average Bonchev–Trinajstić information content (AvgIpc) is 2.39. The molecule has 0 amide bonds. The summed E-state index contributed by atoms with van der Waals surface area (Å²) in [6.45, 7) is 2.97. The van der Waals surface area contributed by atoms with E-state index in [1.807, 2.05) is 0 Å². The summed E-state index contributed by atoms with van der Waals surface area (Å²) >= 11 is 6.25. The average molecular weight is 290 g/mol. The summed E-state index contributed by atoms with van der Waals surface area (Å²) in [4.78, 5) is 0. The molecule has 2 aliphatic rings. The van der Waals surface area contributed by atoms with E-state index >= 15 is 0 Å². The first-order valence-electron chi connectivity index (χ1n) is 6.54. The van der Waals surface area contributed by atoms with E-state index in [1.165, 1.54) is 0 Å². The van der Waals surface area contributed by atoms with Gasteiger partial charge in [0.1, 0.15) is 0 Å². The summed E-state index contributed by atoms with van der Waals surface area (Å²) in [5.74, 6) is 0.974.